The van der Waals surface area contributed by atoms with E-state index in [1.807, 2.05) is 30.3 Å². The smallest absolute Gasteiger partial charge is 0.0652 e. The molecule has 0 saturated carbocycles. The highest BCUT2D eigenvalue weighted by Gasteiger charge is 1.66. The Bertz CT molecular complexity index is 191. The molecule has 38 valence electrons. The van der Waals surface area contributed by atoms with Gasteiger partial charge in [-0.3, -0.25) is 5.92 Å². The van der Waals surface area contributed by atoms with Crippen LogP contribution in [0.5, 0.6) is 0 Å². The van der Waals surface area contributed by atoms with E-state index < -0.39 is 0 Å². The van der Waals surface area contributed by atoms with E-state index in [1.54, 1.807) is 0 Å². The molecule has 1 aromatic rings. The maximum absolute atomic E-state index is 6.69. The fourth-order valence-corrected chi connectivity index (χ4v) is 0.521. The van der Waals surface area contributed by atoms with Crippen LogP contribution in [0.3, 0.4) is 0 Å². The van der Waals surface area contributed by atoms with Gasteiger partial charge in [0.2, 0.25) is 0 Å². The van der Waals surface area contributed by atoms with E-state index in [0.29, 0.717) is 0 Å². The summed E-state index contributed by atoms with van der Waals surface area (Å²) in [5, 5.41) is 0. The molecule has 1 rings (SSSR count). The lowest BCUT2D eigenvalue weighted by atomic mass is 10.2. The second kappa shape index (κ2) is 2.18. The van der Waals surface area contributed by atoms with Crippen LogP contribution in [-0.4, -0.2) is 0 Å². The molecule has 0 aliphatic heterocycles. The first kappa shape index (κ1) is 4.93. The van der Waals surface area contributed by atoms with Crippen LogP contribution < -0.4 is 0 Å². The van der Waals surface area contributed by atoms with E-state index in [1.165, 1.54) is 0 Å². The minimum absolute atomic E-state index is 0.826. The molecule has 0 radical (unpaired) electrons. The summed E-state index contributed by atoms with van der Waals surface area (Å²) in [6.45, 7) is 0. The fraction of sp³-hybridized carbons (Fsp3) is 0. The van der Waals surface area contributed by atoms with E-state index in [0.717, 1.165) is 5.56 Å². The molecule has 0 heteroatoms. The van der Waals surface area contributed by atoms with Gasteiger partial charge in [0.05, 0.1) is 0 Å². The third-order valence-corrected chi connectivity index (χ3v) is 0.918. The zero-order chi connectivity index (χ0) is 5.82. The predicted octanol–water partition coefficient (Wildman–Crippen LogP) is 1.62. The molecule has 0 spiro atoms. The molecule has 0 nitrogen and oxygen atoms in total. The molecule has 0 amide bonds. The Kier molecular flexibility index (Phi) is 1.34. The van der Waals surface area contributed by atoms with Gasteiger partial charge >= 0.3 is 0 Å². The molecule has 0 heterocycles. The minimum Gasteiger partial charge on any atom is -0.366 e. The Morgan fingerprint density at radius 3 is 2.12 bits per heavy atom. The zero-order valence-corrected chi connectivity index (χ0v) is 4.39. The van der Waals surface area contributed by atoms with Gasteiger partial charge in [-0.25, -0.2) is 0 Å². The summed E-state index contributed by atoms with van der Waals surface area (Å²) in [4.78, 5) is 0. The molecule has 0 bridgehead atoms. The summed E-state index contributed by atoms with van der Waals surface area (Å²) in [5.41, 5.74) is 0.826. The summed E-state index contributed by atoms with van der Waals surface area (Å²) >= 11 is 0. The molecule has 0 aliphatic rings. The van der Waals surface area contributed by atoms with E-state index in [9.17, 15) is 0 Å². The standard InChI is InChI=1S/C8H5/c1-2-8-6-4-3-5-7-8/h3-7H/q-1. The average molecular weight is 101 g/mol. The first-order valence-corrected chi connectivity index (χ1v) is 2.41. The number of hydrogen-bond donors (Lipinski definition) is 0. The third-order valence-electron chi connectivity index (χ3n) is 0.918. The third kappa shape index (κ3) is 0.886. The summed E-state index contributed by atoms with van der Waals surface area (Å²) in [7, 11) is 0. The van der Waals surface area contributed by atoms with Gasteiger partial charge < -0.3 is 6.42 Å². The van der Waals surface area contributed by atoms with E-state index in [4.69, 9.17) is 6.42 Å². The van der Waals surface area contributed by atoms with Gasteiger partial charge in [0.1, 0.15) is 0 Å². The Morgan fingerprint density at radius 1 is 1.12 bits per heavy atom. The fourth-order valence-electron chi connectivity index (χ4n) is 0.521. The molecule has 0 unspecified atom stereocenters. The maximum Gasteiger partial charge on any atom is -0.0652 e. The molecule has 0 aromatic heterocycles. The van der Waals surface area contributed by atoms with Crippen molar-refractivity contribution in [2.45, 2.75) is 0 Å². The number of hydrogen-bond acceptors (Lipinski definition) is 0. The van der Waals surface area contributed by atoms with Crippen molar-refractivity contribution in [3.63, 3.8) is 0 Å². The van der Waals surface area contributed by atoms with E-state index >= 15 is 0 Å². The molecule has 0 saturated heterocycles. The second-order valence-electron chi connectivity index (χ2n) is 1.49. The van der Waals surface area contributed by atoms with Crippen LogP contribution in [0.4, 0.5) is 0 Å². The van der Waals surface area contributed by atoms with Crippen LogP contribution in [0, 0.1) is 12.3 Å². The van der Waals surface area contributed by atoms with Crippen molar-refractivity contribution >= 4 is 0 Å². The second-order valence-corrected chi connectivity index (χ2v) is 1.49. The molecule has 0 aliphatic carbocycles. The first-order chi connectivity index (χ1) is 3.93. The largest absolute Gasteiger partial charge is 0.366 e. The highest BCUT2D eigenvalue weighted by Crippen LogP contribution is 1.93. The van der Waals surface area contributed by atoms with Crippen molar-refractivity contribution in [1.29, 1.82) is 0 Å². The van der Waals surface area contributed by atoms with Crippen LogP contribution in [0.1, 0.15) is 5.56 Å². The Labute approximate surface area is 49.2 Å². The SMILES string of the molecule is [C-]#Cc1ccccc1. The molecule has 0 N–H and O–H groups in total. The maximum atomic E-state index is 6.69. The van der Waals surface area contributed by atoms with Gasteiger partial charge in [0.25, 0.3) is 0 Å². The van der Waals surface area contributed by atoms with Gasteiger partial charge in [0.15, 0.2) is 0 Å². The van der Waals surface area contributed by atoms with E-state index in [-0.39, 0.29) is 0 Å². The van der Waals surface area contributed by atoms with Gasteiger partial charge in [-0.05, 0) is 0 Å². The van der Waals surface area contributed by atoms with Crippen molar-refractivity contribution in [3.05, 3.63) is 42.3 Å². The quantitative estimate of drug-likeness (QED) is 0.344. The normalized spacial score (nSPS) is 7.88. The highest BCUT2D eigenvalue weighted by molar-refractivity contribution is 5.28. The molecule has 1 aromatic carbocycles. The van der Waals surface area contributed by atoms with Gasteiger partial charge in [-0.2, -0.15) is 0 Å². The van der Waals surface area contributed by atoms with Crippen molar-refractivity contribution < 1.29 is 0 Å². The van der Waals surface area contributed by atoms with Crippen molar-refractivity contribution in [1.82, 2.24) is 0 Å². The Hall–Kier alpha value is -1.22. The summed E-state index contributed by atoms with van der Waals surface area (Å²) in [5.74, 6) is 2.28. The van der Waals surface area contributed by atoms with Crippen molar-refractivity contribution in [2.75, 3.05) is 0 Å². The van der Waals surface area contributed by atoms with Crippen LogP contribution in [0.15, 0.2) is 30.3 Å². The van der Waals surface area contributed by atoms with Gasteiger partial charge in [-0.15, -0.1) is 17.7 Å². The lowest BCUT2D eigenvalue weighted by Gasteiger charge is -1.93. The molecule has 0 atom stereocenters. The van der Waals surface area contributed by atoms with Crippen LogP contribution in [0.2, 0.25) is 0 Å². The predicted molar refractivity (Wildman–Crippen MR) is 32.7 cm³/mol. The Morgan fingerprint density at radius 2 is 1.75 bits per heavy atom. The molecule has 0 fully saturated rings. The zero-order valence-electron chi connectivity index (χ0n) is 4.39. The lowest BCUT2D eigenvalue weighted by molar-refractivity contribution is 1.65. The van der Waals surface area contributed by atoms with Crippen molar-refractivity contribution in [3.8, 4) is 5.92 Å². The van der Waals surface area contributed by atoms with Gasteiger partial charge in [-0.1, -0.05) is 18.2 Å². The number of benzene rings is 1. The van der Waals surface area contributed by atoms with Crippen LogP contribution in [-0.2, 0) is 0 Å². The van der Waals surface area contributed by atoms with Crippen LogP contribution in [0.25, 0.3) is 0 Å². The number of rotatable bonds is 0. The average Bonchev–Trinajstić information content (AvgIpc) is 1.90. The summed E-state index contributed by atoms with van der Waals surface area (Å²) in [6.07, 6.45) is 6.69. The monoisotopic (exact) mass is 101 g/mol. The molecule has 8 heavy (non-hydrogen) atoms. The first-order valence-electron chi connectivity index (χ1n) is 2.41. The van der Waals surface area contributed by atoms with Gasteiger partial charge in [0, 0.05) is 0 Å². The molecular formula is C8H5-. The molecular weight excluding hydrogens is 96.1 g/mol. The Balaban J connectivity index is 3.05. The van der Waals surface area contributed by atoms with Crippen molar-refractivity contribution in [2.24, 2.45) is 0 Å². The highest BCUT2D eigenvalue weighted by atomic mass is 13.8. The minimum atomic E-state index is 0.826. The lowest BCUT2D eigenvalue weighted by Crippen LogP contribution is -1.66. The topological polar surface area (TPSA) is 0 Å². The summed E-state index contributed by atoms with van der Waals surface area (Å²) in [6, 6.07) is 9.37. The van der Waals surface area contributed by atoms with Crippen LogP contribution >= 0.6 is 0 Å². The summed E-state index contributed by atoms with van der Waals surface area (Å²) < 4.78 is 0. The van der Waals surface area contributed by atoms with E-state index in [2.05, 4.69) is 5.92 Å².